The van der Waals surface area contributed by atoms with Crippen LogP contribution < -0.4 is 10.8 Å². The molecule has 1 amide bonds. The van der Waals surface area contributed by atoms with Gasteiger partial charge >= 0.3 is 0 Å². The number of amides is 1. The van der Waals surface area contributed by atoms with Crippen molar-refractivity contribution in [1.29, 1.82) is 0 Å². The number of rotatable bonds is 1. The first kappa shape index (κ1) is 9.79. The molecule has 0 aromatic rings. The fraction of sp³-hybridized carbons (Fsp3) is 0.750. The molecule has 2 aliphatic rings. The van der Waals surface area contributed by atoms with E-state index in [4.69, 9.17) is 4.84 Å². The molecule has 2 atom stereocenters. The van der Waals surface area contributed by atoms with Gasteiger partial charge in [0.1, 0.15) is 6.61 Å². The average Bonchev–Trinajstić information content (AvgIpc) is 2.52. The number of amidine groups is 1. The van der Waals surface area contributed by atoms with Gasteiger partial charge in [0.15, 0.2) is 11.2 Å². The molecule has 0 spiro atoms. The van der Waals surface area contributed by atoms with Crippen molar-refractivity contribution >= 4 is 22.8 Å². The number of hydroxylamine groups is 1. The zero-order chi connectivity index (χ0) is 9.97. The average molecular weight is 215 g/mol. The molecule has 0 radical (unpaired) electrons. The highest BCUT2D eigenvalue weighted by atomic mass is 32.2. The number of nitrogens with one attached hydrogen (secondary N) is 2. The predicted octanol–water partition coefficient (Wildman–Crippen LogP) is -0.113. The highest BCUT2D eigenvalue weighted by molar-refractivity contribution is 8.13. The third kappa shape index (κ3) is 2.19. The molecule has 0 aliphatic carbocycles. The molecule has 14 heavy (non-hydrogen) atoms. The lowest BCUT2D eigenvalue weighted by Crippen LogP contribution is -2.37. The van der Waals surface area contributed by atoms with Crippen LogP contribution in [-0.4, -0.2) is 35.5 Å². The first-order valence-electron chi connectivity index (χ1n) is 4.64. The molecule has 2 saturated heterocycles. The van der Waals surface area contributed by atoms with E-state index in [0.29, 0.717) is 12.6 Å². The smallest absolute Gasteiger partial charge is 0.270 e. The van der Waals surface area contributed by atoms with Crippen molar-refractivity contribution in [1.82, 2.24) is 10.8 Å². The standard InChI is InChI=1S/C8H13N3O2S/c1-5-2-3-14-8(9-5)10-6-4-13-11-7(6)12/h5-6H,2-4H2,1H3,(H,9,10)(H,11,12). The molecule has 2 heterocycles. The first-order chi connectivity index (χ1) is 6.75. The Kier molecular flexibility index (Phi) is 2.93. The molecule has 2 rings (SSSR count). The van der Waals surface area contributed by atoms with Crippen molar-refractivity contribution in [3.8, 4) is 0 Å². The maximum atomic E-state index is 11.1. The molecule has 0 aromatic heterocycles. The van der Waals surface area contributed by atoms with Gasteiger partial charge in [0.05, 0.1) is 0 Å². The van der Waals surface area contributed by atoms with Crippen LogP contribution in [0.15, 0.2) is 4.99 Å². The maximum absolute atomic E-state index is 11.1. The minimum atomic E-state index is -0.379. The van der Waals surface area contributed by atoms with E-state index < -0.39 is 0 Å². The second-order valence-corrected chi connectivity index (χ2v) is 4.49. The van der Waals surface area contributed by atoms with Crippen LogP contribution in [0.25, 0.3) is 0 Å². The van der Waals surface area contributed by atoms with E-state index in [0.717, 1.165) is 17.3 Å². The number of hydrogen-bond donors (Lipinski definition) is 2. The molecule has 0 bridgehead atoms. The van der Waals surface area contributed by atoms with Gasteiger partial charge in [-0.25, -0.2) is 10.5 Å². The van der Waals surface area contributed by atoms with Gasteiger partial charge in [0.2, 0.25) is 0 Å². The van der Waals surface area contributed by atoms with Gasteiger partial charge in [-0.3, -0.25) is 9.63 Å². The second kappa shape index (κ2) is 4.18. The maximum Gasteiger partial charge on any atom is 0.270 e. The number of carbonyl (C=O) groups is 1. The van der Waals surface area contributed by atoms with E-state index in [-0.39, 0.29) is 11.9 Å². The van der Waals surface area contributed by atoms with Gasteiger partial charge in [-0.05, 0) is 13.3 Å². The number of nitrogens with zero attached hydrogens (tertiary/aromatic N) is 1. The molecule has 6 heteroatoms. The Balaban J connectivity index is 1.98. The zero-order valence-electron chi connectivity index (χ0n) is 7.95. The quantitative estimate of drug-likeness (QED) is 0.640. The van der Waals surface area contributed by atoms with E-state index in [1.165, 1.54) is 0 Å². The molecule has 78 valence electrons. The minimum Gasteiger partial charge on any atom is -0.362 e. The molecule has 2 aliphatic heterocycles. The number of carbonyl (C=O) groups excluding carboxylic acids is 1. The lowest BCUT2D eigenvalue weighted by Gasteiger charge is -2.22. The molecule has 5 nitrogen and oxygen atoms in total. The Morgan fingerprint density at radius 3 is 3.14 bits per heavy atom. The van der Waals surface area contributed by atoms with Crippen LogP contribution in [0.1, 0.15) is 13.3 Å². The summed E-state index contributed by atoms with van der Waals surface area (Å²) in [7, 11) is 0. The number of aliphatic imine (C=N–C) groups is 1. The van der Waals surface area contributed by atoms with Gasteiger partial charge in [-0.1, -0.05) is 11.8 Å². The van der Waals surface area contributed by atoms with Crippen LogP contribution >= 0.6 is 11.8 Å². The molecular weight excluding hydrogens is 202 g/mol. The Morgan fingerprint density at radius 1 is 1.64 bits per heavy atom. The minimum absolute atomic E-state index is 0.155. The zero-order valence-corrected chi connectivity index (χ0v) is 8.76. The fourth-order valence-corrected chi connectivity index (χ4v) is 2.46. The largest absolute Gasteiger partial charge is 0.362 e. The lowest BCUT2D eigenvalue weighted by molar-refractivity contribution is -0.124. The summed E-state index contributed by atoms with van der Waals surface area (Å²) in [6.45, 7) is 2.44. The van der Waals surface area contributed by atoms with Gasteiger partial charge in [0.25, 0.3) is 5.91 Å². The summed E-state index contributed by atoms with van der Waals surface area (Å²) in [6.07, 6.45) is 1.14. The van der Waals surface area contributed by atoms with Crippen LogP contribution in [0.2, 0.25) is 0 Å². The monoisotopic (exact) mass is 215 g/mol. The Bertz CT molecular complexity index is 269. The van der Waals surface area contributed by atoms with Crippen molar-refractivity contribution in [2.24, 2.45) is 4.99 Å². The SMILES string of the molecule is CC1CCSC(=NC2CONC2=O)N1. The summed E-state index contributed by atoms with van der Waals surface area (Å²) >= 11 is 1.66. The van der Waals surface area contributed by atoms with Gasteiger partial charge in [0, 0.05) is 11.8 Å². The summed E-state index contributed by atoms with van der Waals surface area (Å²) < 4.78 is 0. The first-order valence-corrected chi connectivity index (χ1v) is 5.63. The third-order valence-corrected chi connectivity index (χ3v) is 3.09. The summed E-state index contributed by atoms with van der Waals surface area (Å²) in [5.74, 6) is 0.903. The van der Waals surface area contributed by atoms with Crippen molar-refractivity contribution < 1.29 is 9.63 Å². The van der Waals surface area contributed by atoms with Crippen molar-refractivity contribution in [2.45, 2.75) is 25.4 Å². The van der Waals surface area contributed by atoms with Crippen LogP contribution in [0.4, 0.5) is 0 Å². The highest BCUT2D eigenvalue weighted by Crippen LogP contribution is 2.15. The van der Waals surface area contributed by atoms with E-state index in [1.54, 1.807) is 11.8 Å². The van der Waals surface area contributed by atoms with Gasteiger partial charge in [-0.2, -0.15) is 0 Å². The van der Waals surface area contributed by atoms with Crippen LogP contribution in [-0.2, 0) is 9.63 Å². The van der Waals surface area contributed by atoms with Crippen LogP contribution in [0, 0.1) is 0 Å². The number of thioether (sulfide) groups is 1. The fourth-order valence-electron chi connectivity index (χ4n) is 1.30. The Morgan fingerprint density at radius 2 is 2.50 bits per heavy atom. The lowest BCUT2D eigenvalue weighted by atomic mass is 10.3. The Hall–Kier alpha value is -0.750. The second-order valence-electron chi connectivity index (χ2n) is 3.41. The molecule has 0 aromatic carbocycles. The number of hydrogen-bond acceptors (Lipinski definition) is 4. The predicted molar refractivity (Wildman–Crippen MR) is 55.0 cm³/mol. The van der Waals surface area contributed by atoms with Crippen LogP contribution in [0.5, 0.6) is 0 Å². The third-order valence-electron chi connectivity index (χ3n) is 2.15. The normalized spacial score (nSPS) is 35.5. The van der Waals surface area contributed by atoms with Gasteiger partial charge < -0.3 is 5.32 Å². The van der Waals surface area contributed by atoms with Crippen molar-refractivity contribution in [3.05, 3.63) is 0 Å². The highest BCUT2D eigenvalue weighted by Gasteiger charge is 2.26. The van der Waals surface area contributed by atoms with Crippen LogP contribution in [0.3, 0.4) is 0 Å². The molecule has 2 N–H and O–H groups in total. The summed E-state index contributed by atoms with van der Waals surface area (Å²) in [5, 5.41) is 4.10. The van der Waals surface area contributed by atoms with E-state index in [9.17, 15) is 4.79 Å². The Labute approximate surface area is 86.6 Å². The van der Waals surface area contributed by atoms with E-state index >= 15 is 0 Å². The van der Waals surface area contributed by atoms with Gasteiger partial charge in [-0.15, -0.1) is 0 Å². The van der Waals surface area contributed by atoms with Crippen molar-refractivity contribution in [3.63, 3.8) is 0 Å². The molecular formula is C8H13N3O2S. The summed E-state index contributed by atoms with van der Waals surface area (Å²) in [6, 6.07) is 0.0654. The van der Waals surface area contributed by atoms with E-state index in [2.05, 4.69) is 22.7 Å². The summed E-state index contributed by atoms with van der Waals surface area (Å²) in [5.41, 5.74) is 2.29. The van der Waals surface area contributed by atoms with Crippen molar-refractivity contribution in [2.75, 3.05) is 12.4 Å². The molecule has 2 fully saturated rings. The van der Waals surface area contributed by atoms with E-state index in [1.807, 2.05) is 0 Å². The molecule has 2 unspecified atom stereocenters. The summed E-state index contributed by atoms with van der Waals surface area (Å²) in [4.78, 5) is 20.2. The molecule has 0 saturated carbocycles. The topological polar surface area (TPSA) is 62.7 Å².